The summed E-state index contributed by atoms with van der Waals surface area (Å²) >= 11 is 1.63. The van der Waals surface area contributed by atoms with Crippen LogP contribution >= 0.6 is 11.3 Å². The summed E-state index contributed by atoms with van der Waals surface area (Å²) in [5.74, 6) is -1.07. The number of thiophene rings is 1. The zero-order chi connectivity index (χ0) is 15.2. The predicted molar refractivity (Wildman–Crippen MR) is 80.1 cm³/mol. The molecular formula is C14H20N2O3S. The highest BCUT2D eigenvalue weighted by Gasteiger charge is 2.24. The van der Waals surface area contributed by atoms with Crippen LogP contribution in [0.5, 0.6) is 0 Å². The Morgan fingerprint density at radius 2 is 2.25 bits per heavy atom. The molecule has 1 heterocycles. The maximum atomic E-state index is 11.7. The smallest absolute Gasteiger partial charge is 0.326 e. The molecule has 110 valence electrons. The SMILES string of the molecule is C=CCC(NC(=O)NCC(C)(C)c1cccs1)C(=O)O. The molecule has 0 aliphatic carbocycles. The highest BCUT2D eigenvalue weighted by atomic mass is 32.1. The van der Waals surface area contributed by atoms with Crippen molar-refractivity contribution < 1.29 is 14.7 Å². The number of rotatable bonds is 7. The Kier molecular flexibility index (Phi) is 5.76. The molecule has 2 amide bonds. The van der Waals surface area contributed by atoms with E-state index in [1.807, 2.05) is 31.4 Å². The molecular weight excluding hydrogens is 276 g/mol. The van der Waals surface area contributed by atoms with Gasteiger partial charge in [0.25, 0.3) is 0 Å². The highest BCUT2D eigenvalue weighted by molar-refractivity contribution is 7.10. The zero-order valence-electron chi connectivity index (χ0n) is 11.7. The molecule has 0 radical (unpaired) electrons. The molecule has 0 spiro atoms. The second-order valence-electron chi connectivity index (χ2n) is 5.10. The van der Waals surface area contributed by atoms with Crippen molar-refractivity contribution in [1.29, 1.82) is 0 Å². The van der Waals surface area contributed by atoms with Gasteiger partial charge in [-0.15, -0.1) is 17.9 Å². The van der Waals surface area contributed by atoms with Crippen molar-refractivity contribution in [2.45, 2.75) is 31.7 Å². The van der Waals surface area contributed by atoms with Crippen LogP contribution in [0.2, 0.25) is 0 Å². The monoisotopic (exact) mass is 296 g/mol. The number of carboxylic acids is 1. The first-order valence-electron chi connectivity index (χ1n) is 6.29. The van der Waals surface area contributed by atoms with Gasteiger partial charge in [-0.1, -0.05) is 26.0 Å². The molecule has 0 aliphatic rings. The fraction of sp³-hybridized carbons (Fsp3) is 0.429. The molecule has 1 atom stereocenters. The van der Waals surface area contributed by atoms with Crippen molar-refractivity contribution in [3.8, 4) is 0 Å². The van der Waals surface area contributed by atoms with Crippen LogP contribution in [0, 0.1) is 0 Å². The quantitative estimate of drug-likeness (QED) is 0.676. The number of hydrogen-bond donors (Lipinski definition) is 3. The van der Waals surface area contributed by atoms with Gasteiger partial charge in [-0.2, -0.15) is 0 Å². The van der Waals surface area contributed by atoms with Gasteiger partial charge in [0.1, 0.15) is 6.04 Å². The lowest BCUT2D eigenvalue weighted by Gasteiger charge is -2.24. The van der Waals surface area contributed by atoms with Crippen LogP contribution in [0.4, 0.5) is 4.79 Å². The first-order chi connectivity index (χ1) is 9.36. The summed E-state index contributed by atoms with van der Waals surface area (Å²) in [6.45, 7) is 7.96. The zero-order valence-corrected chi connectivity index (χ0v) is 12.5. The van der Waals surface area contributed by atoms with Crippen molar-refractivity contribution >= 4 is 23.3 Å². The molecule has 1 aromatic rings. The molecule has 6 heteroatoms. The Balaban J connectivity index is 2.50. The van der Waals surface area contributed by atoms with E-state index in [4.69, 9.17) is 5.11 Å². The maximum absolute atomic E-state index is 11.7. The summed E-state index contributed by atoms with van der Waals surface area (Å²) in [6, 6.07) is 2.55. The third-order valence-electron chi connectivity index (χ3n) is 2.88. The first kappa shape index (κ1) is 16.2. The van der Waals surface area contributed by atoms with E-state index in [-0.39, 0.29) is 11.8 Å². The number of carboxylic acid groups (broad SMARTS) is 1. The van der Waals surface area contributed by atoms with E-state index in [0.29, 0.717) is 6.54 Å². The average Bonchev–Trinajstić information content (AvgIpc) is 2.90. The minimum absolute atomic E-state index is 0.192. The molecule has 0 saturated heterocycles. The minimum atomic E-state index is -1.07. The van der Waals surface area contributed by atoms with Crippen LogP contribution in [0.15, 0.2) is 30.2 Å². The summed E-state index contributed by atoms with van der Waals surface area (Å²) in [5.41, 5.74) is -0.192. The maximum Gasteiger partial charge on any atom is 0.326 e. The van der Waals surface area contributed by atoms with E-state index in [1.165, 1.54) is 11.0 Å². The predicted octanol–water partition coefficient (Wildman–Crippen LogP) is 2.35. The van der Waals surface area contributed by atoms with Crippen LogP contribution in [-0.2, 0) is 10.2 Å². The molecule has 1 aromatic heterocycles. The van der Waals surface area contributed by atoms with Gasteiger partial charge in [-0.05, 0) is 17.9 Å². The van der Waals surface area contributed by atoms with Gasteiger partial charge < -0.3 is 15.7 Å². The van der Waals surface area contributed by atoms with Gasteiger partial charge in [-0.3, -0.25) is 0 Å². The van der Waals surface area contributed by atoms with Crippen LogP contribution in [0.25, 0.3) is 0 Å². The number of urea groups is 1. The van der Waals surface area contributed by atoms with E-state index in [1.54, 1.807) is 11.3 Å². The summed E-state index contributed by atoms with van der Waals surface area (Å²) in [5, 5.41) is 16.1. The molecule has 0 bridgehead atoms. The van der Waals surface area contributed by atoms with Crippen LogP contribution < -0.4 is 10.6 Å². The highest BCUT2D eigenvalue weighted by Crippen LogP contribution is 2.26. The van der Waals surface area contributed by atoms with Gasteiger partial charge in [0, 0.05) is 16.8 Å². The molecule has 1 rings (SSSR count). The van der Waals surface area contributed by atoms with Gasteiger partial charge in [-0.25, -0.2) is 9.59 Å². The fourth-order valence-electron chi connectivity index (χ4n) is 1.65. The Morgan fingerprint density at radius 1 is 1.55 bits per heavy atom. The summed E-state index contributed by atoms with van der Waals surface area (Å²) in [4.78, 5) is 23.8. The van der Waals surface area contributed by atoms with Crippen molar-refractivity contribution in [2.75, 3.05) is 6.54 Å². The van der Waals surface area contributed by atoms with Crippen molar-refractivity contribution in [3.05, 3.63) is 35.0 Å². The third kappa shape index (κ3) is 4.70. The number of carbonyl (C=O) groups is 2. The molecule has 0 aliphatic heterocycles. The van der Waals surface area contributed by atoms with E-state index < -0.39 is 18.0 Å². The Labute approximate surface area is 122 Å². The molecule has 0 fully saturated rings. The Bertz CT molecular complexity index is 469. The Morgan fingerprint density at radius 3 is 2.75 bits per heavy atom. The molecule has 0 aromatic carbocycles. The van der Waals surface area contributed by atoms with E-state index in [0.717, 1.165) is 0 Å². The Hall–Kier alpha value is -1.82. The normalized spacial score (nSPS) is 12.5. The first-order valence-corrected chi connectivity index (χ1v) is 7.17. The van der Waals surface area contributed by atoms with E-state index in [2.05, 4.69) is 17.2 Å². The van der Waals surface area contributed by atoms with Crippen LogP contribution in [0.1, 0.15) is 25.1 Å². The number of nitrogens with one attached hydrogen (secondary N) is 2. The van der Waals surface area contributed by atoms with Gasteiger partial charge in [0.2, 0.25) is 0 Å². The molecule has 20 heavy (non-hydrogen) atoms. The van der Waals surface area contributed by atoms with E-state index in [9.17, 15) is 9.59 Å². The number of aliphatic carboxylic acids is 1. The average molecular weight is 296 g/mol. The number of hydrogen-bond acceptors (Lipinski definition) is 3. The number of carbonyl (C=O) groups excluding carboxylic acids is 1. The fourth-order valence-corrected chi connectivity index (χ4v) is 2.50. The molecule has 3 N–H and O–H groups in total. The molecule has 5 nitrogen and oxygen atoms in total. The summed E-state index contributed by atoms with van der Waals surface area (Å²) in [7, 11) is 0. The lowest BCUT2D eigenvalue weighted by molar-refractivity contribution is -0.139. The third-order valence-corrected chi connectivity index (χ3v) is 4.12. The van der Waals surface area contributed by atoms with Crippen LogP contribution in [-0.4, -0.2) is 29.7 Å². The van der Waals surface area contributed by atoms with Crippen molar-refractivity contribution in [1.82, 2.24) is 10.6 Å². The summed E-state index contributed by atoms with van der Waals surface area (Å²) in [6.07, 6.45) is 1.66. The minimum Gasteiger partial charge on any atom is -0.480 e. The largest absolute Gasteiger partial charge is 0.480 e. The van der Waals surface area contributed by atoms with Crippen molar-refractivity contribution in [2.24, 2.45) is 0 Å². The topological polar surface area (TPSA) is 78.4 Å². The number of amides is 2. The summed E-state index contributed by atoms with van der Waals surface area (Å²) < 4.78 is 0. The van der Waals surface area contributed by atoms with Gasteiger partial charge in [0.15, 0.2) is 0 Å². The van der Waals surface area contributed by atoms with Crippen molar-refractivity contribution in [3.63, 3.8) is 0 Å². The van der Waals surface area contributed by atoms with Gasteiger partial charge >= 0.3 is 12.0 Å². The lowest BCUT2D eigenvalue weighted by Crippen LogP contribution is -2.48. The standard InChI is InChI=1S/C14H20N2O3S/c1-4-6-10(12(17)18)16-13(19)15-9-14(2,3)11-7-5-8-20-11/h4-5,7-8,10H,1,6,9H2,2-3H3,(H,17,18)(H2,15,16,19). The van der Waals surface area contributed by atoms with E-state index >= 15 is 0 Å². The van der Waals surface area contributed by atoms with Gasteiger partial charge in [0.05, 0.1) is 0 Å². The van der Waals surface area contributed by atoms with Crippen LogP contribution in [0.3, 0.4) is 0 Å². The molecule has 1 unspecified atom stereocenters. The second-order valence-corrected chi connectivity index (χ2v) is 6.05. The molecule has 0 saturated carbocycles. The lowest BCUT2D eigenvalue weighted by atomic mass is 9.91. The second kappa shape index (κ2) is 7.09.